The van der Waals surface area contributed by atoms with Crippen molar-refractivity contribution in [2.45, 2.75) is 13.3 Å². The highest BCUT2D eigenvalue weighted by Gasteiger charge is 2.30. The smallest absolute Gasteiger partial charge is 0.194 e. The highest BCUT2D eigenvalue weighted by atomic mass is 16.5. The third kappa shape index (κ3) is 2.18. The number of benzene rings is 2. The number of carbonyl (C=O) groups excluding carboxylic acids is 2. The lowest BCUT2D eigenvalue weighted by atomic mass is 9.84. The van der Waals surface area contributed by atoms with Gasteiger partial charge in [-0.1, -0.05) is 6.92 Å². The van der Waals surface area contributed by atoms with Crippen molar-refractivity contribution in [1.29, 1.82) is 0 Å². The van der Waals surface area contributed by atoms with Gasteiger partial charge in [-0.3, -0.25) is 9.59 Å². The van der Waals surface area contributed by atoms with Gasteiger partial charge in [0.25, 0.3) is 0 Å². The first kappa shape index (κ1) is 13.4. The van der Waals surface area contributed by atoms with Gasteiger partial charge in [0.2, 0.25) is 0 Å². The molecule has 106 valence electrons. The standard InChI is InChI=1S/C17H14O4/c1-2-7-21-11-4-6-13-15(9-11)17(20)12-5-3-10(18)8-14(12)16(13)19/h3-6,8-9,18H,2,7H2,1H3. The molecule has 0 aromatic heterocycles. The molecule has 0 radical (unpaired) electrons. The van der Waals surface area contributed by atoms with E-state index >= 15 is 0 Å². The molecule has 0 amide bonds. The SMILES string of the molecule is CCCOc1ccc2c(c1)C(=O)c1ccc(O)cc1C2=O. The Morgan fingerprint density at radius 2 is 1.52 bits per heavy atom. The van der Waals surface area contributed by atoms with Crippen LogP contribution in [0, 0.1) is 0 Å². The van der Waals surface area contributed by atoms with E-state index in [9.17, 15) is 14.7 Å². The second-order valence-electron chi connectivity index (χ2n) is 4.94. The topological polar surface area (TPSA) is 63.6 Å². The van der Waals surface area contributed by atoms with Crippen LogP contribution in [0.4, 0.5) is 0 Å². The summed E-state index contributed by atoms with van der Waals surface area (Å²) in [5, 5.41) is 9.50. The van der Waals surface area contributed by atoms with Gasteiger partial charge in [0.1, 0.15) is 11.5 Å². The van der Waals surface area contributed by atoms with Gasteiger partial charge >= 0.3 is 0 Å². The lowest BCUT2D eigenvalue weighted by molar-refractivity contribution is 0.0978. The van der Waals surface area contributed by atoms with Crippen LogP contribution in [-0.2, 0) is 0 Å². The summed E-state index contributed by atoms with van der Waals surface area (Å²) in [5.41, 5.74) is 1.27. The van der Waals surface area contributed by atoms with Gasteiger partial charge in [-0.15, -0.1) is 0 Å². The molecule has 0 saturated carbocycles. The van der Waals surface area contributed by atoms with E-state index in [1.54, 1.807) is 18.2 Å². The van der Waals surface area contributed by atoms with Gasteiger partial charge < -0.3 is 9.84 Å². The van der Waals surface area contributed by atoms with Crippen molar-refractivity contribution in [2.24, 2.45) is 0 Å². The van der Waals surface area contributed by atoms with Crippen LogP contribution in [-0.4, -0.2) is 23.3 Å². The molecule has 2 aromatic carbocycles. The molecule has 21 heavy (non-hydrogen) atoms. The van der Waals surface area contributed by atoms with E-state index in [1.165, 1.54) is 18.2 Å². The molecule has 0 bridgehead atoms. The number of phenolic OH excluding ortho intramolecular Hbond substituents is 1. The average molecular weight is 282 g/mol. The minimum atomic E-state index is -0.252. The second-order valence-corrected chi connectivity index (χ2v) is 4.94. The molecular weight excluding hydrogens is 268 g/mol. The van der Waals surface area contributed by atoms with Gasteiger partial charge in [-0.25, -0.2) is 0 Å². The molecule has 0 fully saturated rings. The molecule has 0 saturated heterocycles. The summed E-state index contributed by atoms with van der Waals surface area (Å²) in [6.07, 6.45) is 0.867. The van der Waals surface area contributed by atoms with Gasteiger partial charge in [0.15, 0.2) is 11.6 Å². The summed E-state index contributed by atoms with van der Waals surface area (Å²) in [6, 6.07) is 9.13. The number of phenols is 1. The molecule has 0 aliphatic heterocycles. The van der Waals surface area contributed by atoms with Crippen LogP contribution in [0.2, 0.25) is 0 Å². The number of hydrogen-bond acceptors (Lipinski definition) is 4. The van der Waals surface area contributed by atoms with E-state index in [1.807, 2.05) is 6.92 Å². The summed E-state index contributed by atoms with van der Waals surface area (Å²) >= 11 is 0. The van der Waals surface area contributed by atoms with Crippen LogP contribution in [0.1, 0.15) is 45.2 Å². The zero-order valence-corrected chi connectivity index (χ0v) is 11.6. The molecular formula is C17H14O4. The lowest BCUT2D eigenvalue weighted by Gasteiger charge is -2.18. The molecule has 0 atom stereocenters. The molecule has 0 unspecified atom stereocenters. The summed E-state index contributed by atoms with van der Waals surface area (Å²) in [6.45, 7) is 2.56. The van der Waals surface area contributed by atoms with Crippen molar-refractivity contribution in [2.75, 3.05) is 6.61 Å². The van der Waals surface area contributed by atoms with Crippen molar-refractivity contribution in [3.8, 4) is 11.5 Å². The number of hydrogen-bond donors (Lipinski definition) is 1. The van der Waals surface area contributed by atoms with E-state index in [2.05, 4.69) is 0 Å². The quantitative estimate of drug-likeness (QED) is 0.802. The van der Waals surface area contributed by atoms with Gasteiger partial charge in [0.05, 0.1) is 6.61 Å². The van der Waals surface area contributed by atoms with Crippen LogP contribution in [0.3, 0.4) is 0 Å². The van der Waals surface area contributed by atoms with Gasteiger partial charge in [0, 0.05) is 22.3 Å². The number of aromatic hydroxyl groups is 1. The fourth-order valence-corrected chi connectivity index (χ4v) is 2.43. The molecule has 1 aliphatic rings. The molecule has 4 nitrogen and oxygen atoms in total. The van der Waals surface area contributed by atoms with Crippen molar-refractivity contribution < 1.29 is 19.4 Å². The maximum absolute atomic E-state index is 12.5. The summed E-state index contributed by atoms with van der Waals surface area (Å²) in [4.78, 5) is 24.9. The Morgan fingerprint density at radius 3 is 2.19 bits per heavy atom. The second kappa shape index (κ2) is 5.05. The Kier molecular flexibility index (Phi) is 3.22. The largest absolute Gasteiger partial charge is 0.508 e. The number of fused-ring (bicyclic) bond motifs is 2. The van der Waals surface area contributed by atoms with E-state index in [0.717, 1.165) is 6.42 Å². The normalized spacial score (nSPS) is 12.8. The zero-order chi connectivity index (χ0) is 15.0. The number of rotatable bonds is 3. The van der Waals surface area contributed by atoms with E-state index in [0.29, 0.717) is 29.0 Å². The van der Waals surface area contributed by atoms with Crippen LogP contribution in [0.25, 0.3) is 0 Å². The Morgan fingerprint density at radius 1 is 0.905 bits per heavy atom. The average Bonchev–Trinajstić information content (AvgIpc) is 2.50. The van der Waals surface area contributed by atoms with Crippen LogP contribution in [0.5, 0.6) is 11.5 Å². The monoisotopic (exact) mass is 282 g/mol. The summed E-state index contributed by atoms with van der Waals surface area (Å²) in [7, 11) is 0. The summed E-state index contributed by atoms with van der Waals surface area (Å²) < 4.78 is 5.51. The number of carbonyl (C=O) groups is 2. The molecule has 3 rings (SSSR count). The Bertz CT molecular complexity index is 746. The minimum absolute atomic E-state index is 0.0266. The fourth-order valence-electron chi connectivity index (χ4n) is 2.43. The molecule has 1 N–H and O–H groups in total. The van der Waals surface area contributed by atoms with Crippen LogP contribution < -0.4 is 4.74 Å². The maximum atomic E-state index is 12.5. The van der Waals surface area contributed by atoms with Crippen LogP contribution >= 0.6 is 0 Å². The first-order valence-electron chi connectivity index (χ1n) is 6.81. The molecule has 0 heterocycles. The predicted octanol–water partition coefficient (Wildman–Crippen LogP) is 2.96. The first-order valence-corrected chi connectivity index (χ1v) is 6.81. The van der Waals surface area contributed by atoms with Crippen molar-refractivity contribution in [1.82, 2.24) is 0 Å². The van der Waals surface area contributed by atoms with Gasteiger partial charge in [-0.2, -0.15) is 0 Å². The number of ether oxygens (including phenoxy) is 1. The first-order chi connectivity index (χ1) is 10.1. The maximum Gasteiger partial charge on any atom is 0.194 e. The molecule has 1 aliphatic carbocycles. The van der Waals surface area contributed by atoms with Crippen LogP contribution in [0.15, 0.2) is 36.4 Å². The minimum Gasteiger partial charge on any atom is -0.508 e. The van der Waals surface area contributed by atoms with E-state index in [-0.39, 0.29) is 22.9 Å². The predicted molar refractivity (Wildman–Crippen MR) is 77.2 cm³/mol. The summed E-state index contributed by atoms with van der Waals surface area (Å²) in [5.74, 6) is 0.0827. The van der Waals surface area contributed by atoms with Gasteiger partial charge in [-0.05, 0) is 42.8 Å². The highest BCUT2D eigenvalue weighted by molar-refractivity contribution is 6.28. The van der Waals surface area contributed by atoms with Crippen molar-refractivity contribution in [3.05, 3.63) is 58.7 Å². The molecule has 0 spiro atoms. The number of ketones is 2. The van der Waals surface area contributed by atoms with E-state index < -0.39 is 0 Å². The third-order valence-electron chi connectivity index (χ3n) is 3.45. The third-order valence-corrected chi connectivity index (χ3v) is 3.45. The molecule has 2 aromatic rings. The van der Waals surface area contributed by atoms with E-state index in [4.69, 9.17) is 4.74 Å². The molecule has 4 heteroatoms. The Hall–Kier alpha value is -2.62. The Balaban J connectivity index is 2.09. The van der Waals surface area contributed by atoms with Crippen molar-refractivity contribution >= 4 is 11.6 Å². The fraction of sp³-hybridized carbons (Fsp3) is 0.176. The highest BCUT2D eigenvalue weighted by Crippen LogP contribution is 2.31. The lowest BCUT2D eigenvalue weighted by Crippen LogP contribution is -2.20. The Labute approximate surface area is 122 Å². The zero-order valence-electron chi connectivity index (χ0n) is 11.6. The van der Waals surface area contributed by atoms with Crippen molar-refractivity contribution in [3.63, 3.8) is 0 Å².